The lowest BCUT2D eigenvalue weighted by molar-refractivity contribution is 0.109. The number of morpholine rings is 1. The van der Waals surface area contributed by atoms with Gasteiger partial charge in [0.2, 0.25) is 0 Å². The van der Waals surface area contributed by atoms with Crippen molar-refractivity contribution in [2.45, 2.75) is 0 Å². The largest absolute Gasteiger partial charge is 0.379 e. The van der Waals surface area contributed by atoms with E-state index in [1.54, 1.807) is 12.4 Å². The average molecular weight is 245 g/mol. The van der Waals surface area contributed by atoms with Gasteiger partial charge in [0.1, 0.15) is 0 Å². The Morgan fingerprint density at radius 1 is 0.667 bits per heavy atom. The molecule has 2 heterocycles. The zero-order valence-corrected chi connectivity index (χ0v) is 10.4. The van der Waals surface area contributed by atoms with Crippen molar-refractivity contribution in [2.24, 2.45) is 0 Å². The Morgan fingerprint density at radius 2 is 1.11 bits per heavy atom. The van der Waals surface area contributed by atoms with Gasteiger partial charge < -0.3 is 10.1 Å². The Morgan fingerprint density at radius 3 is 1.28 bits per heavy atom. The van der Waals surface area contributed by atoms with Gasteiger partial charge >= 0.3 is 0 Å². The molecule has 4 heteroatoms. The Kier molecular flexibility index (Phi) is 9.28. The first kappa shape index (κ1) is 14.3. The van der Waals surface area contributed by atoms with Crippen LogP contribution in [0.5, 0.6) is 0 Å². The topological polar surface area (TPSA) is 47.0 Å². The second kappa shape index (κ2) is 11.7. The number of benzene rings is 1. The molecule has 1 N–H and O–H groups in total. The van der Waals surface area contributed by atoms with Gasteiger partial charge in [0.25, 0.3) is 0 Å². The van der Waals surface area contributed by atoms with Gasteiger partial charge in [0, 0.05) is 25.5 Å². The third kappa shape index (κ3) is 9.45. The van der Waals surface area contributed by atoms with Gasteiger partial charge in [-0.3, -0.25) is 0 Å². The third-order valence-electron chi connectivity index (χ3n) is 2.00. The molecule has 0 spiro atoms. The van der Waals surface area contributed by atoms with E-state index >= 15 is 0 Å². The molecule has 1 aliphatic heterocycles. The van der Waals surface area contributed by atoms with E-state index in [-0.39, 0.29) is 0 Å². The molecular formula is C14H19N3O. The molecule has 0 atom stereocenters. The van der Waals surface area contributed by atoms with Crippen molar-refractivity contribution in [2.75, 3.05) is 26.3 Å². The molecule has 18 heavy (non-hydrogen) atoms. The summed E-state index contributed by atoms with van der Waals surface area (Å²) in [6.45, 7) is 3.83. The fourth-order valence-corrected chi connectivity index (χ4v) is 1.15. The Hall–Kier alpha value is -1.78. The summed E-state index contributed by atoms with van der Waals surface area (Å²) < 4.78 is 5.01. The highest BCUT2D eigenvalue weighted by atomic mass is 16.5. The van der Waals surface area contributed by atoms with Crippen molar-refractivity contribution in [3.05, 3.63) is 60.9 Å². The summed E-state index contributed by atoms with van der Waals surface area (Å²) in [6, 6.07) is 15.7. The highest BCUT2D eigenvalue weighted by Gasteiger charge is 1.92. The van der Waals surface area contributed by atoms with Crippen molar-refractivity contribution in [3.63, 3.8) is 0 Å². The van der Waals surface area contributed by atoms with E-state index in [0.29, 0.717) is 0 Å². The maximum atomic E-state index is 5.01. The first-order chi connectivity index (χ1) is 9.00. The number of hydrogen-bond donors (Lipinski definition) is 1. The van der Waals surface area contributed by atoms with E-state index in [1.807, 2.05) is 48.5 Å². The van der Waals surface area contributed by atoms with Gasteiger partial charge in [-0.1, -0.05) is 36.4 Å². The molecule has 1 fully saturated rings. The van der Waals surface area contributed by atoms with E-state index in [1.165, 1.54) is 0 Å². The SMILES string of the molecule is C1COCCN1.c1ccccc1.c1ccnnc1. The van der Waals surface area contributed by atoms with Crippen molar-refractivity contribution in [1.82, 2.24) is 15.5 Å². The van der Waals surface area contributed by atoms with Crippen LogP contribution >= 0.6 is 0 Å². The molecule has 0 bridgehead atoms. The predicted octanol–water partition coefficient (Wildman–Crippen LogP) is 1.77. The second-order valence-corrected chi connectivity index (χ2v) is 3.43. The van der Waals surface area contributed by atoms with Gasteiger partial charge in [-0.25, -0.2) is 0 Å². The summed E-state index contributed by atoms with van der Waals surface area (Å²) in [7, 11) is 0. The molecule has 0 amide bonds. The molecule has 4 nitrogen and oxygen atoms in total. The van der Waals surface area contributed by atoms with Crippen LogP contribution in [0.25, 0.3) is 0 Å². The highest BCUT2D eigenvalue weighted by molar-refractivity contribution is 4.99. The summed E-state index contributed by atoms with van der Waals surface area (Å²) in [5.74, 6) is 0. The van der Waals surface area contributed by atoms with Crippen LogP contribution in [0.3, 0.4) is 0 Å². The average Bonchev–Trinajstić information content (AvgIpc) is 2.54. The van der Waals surface area contributed by atoms with Gasteiger partial charge in [-0.05, 0) is 12.1 Å². The molecule has 0 aliphatic carbocycles. The van der Waals surface area contributed by atoms with Crippen LogP contribution in [0, 0.1) is 0 Å². The minimum absolute atomic E-state index is 0.889. The summed E-state index contributed by atoms with van der Waals surface area (Å²) in [5, 5.41) is 10.2. The predicted molar refractivity (Wildman–Crippen MR) is 72.2 cm³/mol. The number of ether oxygens (including phenoxy) is 1. The Balaban J connectivity index is 0.000000135. The van der Waals surface area contributed by atoms with Crippen LogP contribution in [0.4, 0.5) is 0 Å². The van der Waals surface area contributed by atoms with Gasteiger partial charge in [0.15, 0.2) is 0 Å². The van der Waals surface area contributed by atoms with Crippen molar-refractivity contribution in [1.29, 1.82) is 0 Å². The quantitative estimate of drug-likeness (QED) is 0.768. The van der Waals surface area contributed by atoms with Crippen LogP contribution in [-0.4, -0.2) is 36.5 Å². The van der Waals surface area contributed by atoms with E-state index in [0.717, 1.165) is 26.3 Å². The highest BCUT2D eigenvalue weighted by Crippen LogP contribution is 1.80. The molecule has 1 aliphatic rings. The molecule has 1 aromatic heterocycles. The number of rotatable bonds is 0. The summed E-state index contributed by atoms with van der Waals surface area (Å²) in [4.78, 5) is 0. The standard InChI is InChI=1S/C6H6.C4H4N2.C4H9NO/c2*1-2-4-6-5-3-1;1-3-6-4-2-5-1/h1-6H;1-4H;5H,1-4H2. The van der Waals surface area contributed by atoms with Crippen LogP contribution in [0.2, 0.25) is 0 Å². The molecule has 2 aromatic rings. The Bertz CT molecular complexity index is 256. The van der Waals surface area contributed by atoms with E-state index in [9.17, 15) is 0 Å². The molecule has 0 radical (unpaired) electrons. The van der Waals surface area contributed by atoms with Crippen molar-refractivity contribution < 1.29 is 4.74 Å². The monoisotopic (exact) mass is 245 g/mol. The minimum Gasteiger partial charge on any atom is -0.379 e. The number of nitrogens with zero attached hydrogens (tertiary/aromatic N) is 2. The van der Waals surface area contributed by atoms with Crippen LogP contribution in [0.15, 0.2) is 60.9 Å². The maximum Gasteiger partial charge on any atom is 0.0591 e. The van der Waals surface area contributed by atoms with Gasteiger partial charge in [-0.2, -0.15) is 10.2 Å². The summed E-state index contributed by atoms with van der Waals surface area (Å²) >= 11 is 0. The van der Waals surface area contributed by atoms with E-state index in [2.05, 4.69) is 15.5 Å². The molecule has 3 rings (SSSR count). The lowest BCUT2D eigenvalue weighted by Crippen LogP contribution is -2.30. The maximum absolute atomic E-state index is 5.01. The second-order valence-electron chi connectivity index (χ2n) is 3.43. The smallest absolute Gasteiger partial charge is 0.0591 e. The third-order valence-corrected chi connectivity index (χ3v) is 2.00. The van der Waals surface area contributed by atoms with Gasteiger partial charge in [-0.15, -0.1) is 0 Å². The number of aromatic nitrogens is 2. The first-order valence-corrected chi connectivity index (χ1v) is 6.00. The first-order valence-electron chi connectivity index (χ1n) is 6.00. The number of nitrogens with one attached hydrogen (secondary N) is 1. The molecular weight excluding hydrogens is 226 g/mol. The molecule has 96 valence electrons. The van der Waals surface area contributed by atoms with Crippen LogP contribution < -0.4 is 5.32 Å². The molecule has 1 saturated heterocycles. The molecule has 1 aromatic carbocycles. The summed E-state index contributed by atoms with van der Waals surface area (Å²) in [5.41, 5.74) is 0. The fraction of sp³-hybridized carbons (Fsp3) is 0.286. The summed E-state index contributed by atoms with van der Waals surface area (Å²) in [6.07, 6.45) is 3.28. The minimum atomic E-state index is 0.889. The lowest BCUT2D eigenvalue weighted by Gasteiger charge is -2.10. The van der Waals surface area contributed by atoms with Crippen LogP contribution in [0.1, 0.15) is 0 Å². The normalized spacial score (nSPS) is 13.3. The molecule has 0 unspecified atom stereocenters. The van der Waals surface area contributed by atoms with Crippen molar-refractivity contribution >= 4 is 0 Å². The lowest BCUT2D eigenvalue weighted by atomic mass is 10.4. The van der Waals surface area contributed by atoms with E-state index in [4.69, 9.17) is 4.74 Å². The zero-order chi connectivity index (χ0) is 12.7. The molecule has 0 saturated carbocycles. The van der Waals surface area contributed by atoms with Crippen LogP contribution in [-0.2, 0) is 4.74 Å². The van der Waals surface area contributed by atoms with E-state index < -0.39 is 0 Å². The zero-order valence-electron chi connectivity index (χ0n) is 10.4. The fourth-order valence-electron chi connectivity index (χ4n) is 1.15. The number of hydrogen-bond acceptors (Lipinski definition) is 4. The van der Waals surface area contributed by atoms with Crippen molar-refractivity contribution in [3.8, 4) is 0 Å². The Labute approximate surface area is 108 Å². The van der Waals surface area contributed by atoms with Gasteiger partial charge in [0.05, 0.1) is 13.2 Å².